The number of nitrogens with zero attached hydrogens (tertiary/aromatic N) is 3. The summed E-state index contributed by atoms with van der Waals surface area (Å²) in [4.78, 5) is 3.45. The second kappa shape index (κ2) is 5.91. The molecular formula is C12H15FN4O4S2. The van der Waals surface area contributed by atoms with Gasteiger partial charge < -0.3 is 4.57 Å². The number of rotatable bonds is 5. The van der Waals surface area contributed by atoms with Gasteiger partial charge in [-0.15, -0.1) is 0 Å². The van der Waals surface area contributed by atoms with E-state index < -0.39 is 31.6 Å². The van der Waals surface area contributed by atoms with Gasteiger partial charge in [-0.25, -0.2) is 22.1 Å². The van der Waals surface area contributed by atoms with Gasteiger partial charge in [0, 0.05) is 21.1 Å². The minimum atomic E-state index is -4.10. The number of aromatic nitrogens is 2. The maximum Gasteiger partial charge on any atom is 0.279 e. The lowest BCUT2D eigenvalue weighted by Gasteiger charge is -2.14. The zero-order chi connectivity index (χ0) is 17.4. The minimum Gasteiger partial charge on any atom is -0.323 e. The smallest absolute Gasteiger partial charge is 0.279 e. The largest absolute Gasteiger partial charge is 0.323 e. The van der Waals surface area contributed by atoms with Crippen LogP contribution in [0.15, 0.2) is 40.6 Å². The van der Waals surface area contributed by atoms with E-state index in [1.54, 1.807) is 0 Å². The quantitative estimate of drug-likeness (QED) is 0.840. The number of sulfonamides is 2. The van der Waals surface area contributed by atoms with E-state index in [1.165, 1.54) is 32.0 Å². The highest BCUT2D eigenvalue weighted by Crippen LogP contribution is 2.23. The van der Waals surface area contributed by atoms with E-state index in [2.05, 4.69) is 4.98 Å². The summed E-state index contributed by atoms with van der Waals surface area (Å²) in [5.74, 6) is -0.895. The highest BCUT2D eigenvalue weighted by molar-refractivity contribution is 7.92. The Hall–Kier alpha value is -1.98. The molecule has 8 nitrogen and oxygen atoms in total. The summed E-state index contributed by atoms with van der Waals surface area (Å²) < 4.78 is 66.7. The molecule has 0 saturated heterocycles. The third-order valence-electron chi connectivity index (χ3n) is 3.01. The van der Waals surface area contributed by atoms with Gasteiger partial charge >= 0.3 is 0 Å². The molecule has 0 aliphatic carbocycles. The van der Waals surface area contributed by atoms with Crippen LogP contribution in [-0.4, -0.2) is 44.8 Å². The summed E-state index contributed by atoms with van der Waals surface area (Å²) in [5.41, 5.74) is -0.464. The zero-order valence-corrected chi connectivity index (χ0v) is 14.2. The van der Waals surface area contributed by atoms with Crippen LogP contribution in [0.2, 0.25) is 0 Å². The highest BCUT2D eigenvalue weighted by atomic mass is 32.2. The molecule has 0 amide bonds. The molecule has 0 spiro atoms. The predicted molar refractivity (Wildman–Crippen MR) is 81.3 cm³/mol. The topological polar surface area (TPSA) is 101 Å². The number of nitrogens with one attached hydrogen (secondary N) is 1. The van der Waals surface area contributed by atoms with Gasteiger partial charge in [0.25, 0.3) is 10.0 Å². The Morgan fingerprint density at radius 1 is 1.22 bits per heavy atom. The summed E-state index contributed by atoms with van der Waals surface area (Å²) in [5, 5.41) is -0.183. The summed E-state index contributed by atoms with van der Waals surface area (Å²) in [6, 6.07) is 2.88. The average Bonchev–Trinajstić information content (AvgIpc) is 2.87. The summed E-state index contributed by atoms with van der Waals surface area (Å²) in [6.07, 6.45) is 2.37. The van der Waals surface area contributed by atoms with Gasteiger partial charge in [-0.2, -0.15) is 8.42 Å². The Morgan fingerprint density at radius 3 is 2.39 bits per heavy atom. The number of benzene rings is 1. The number of aryl methyl sites for hydroxylation is 1. The van der Waals surface area contributed by atoms with E-state index >= 15 is 0 Å². The summed E-state index contributed by atoms with van der Waals surface area (Å²) >= 11 is 0. The van der Waals surface area contributed by atoms with Crippen molar-refractivity contribution in [2.24, 2.45) is 7.05 Å². The van der Waals surface area contributed by atoms with Gasteiger partial charge in [0.15, 0.2) is 5.03 Å². The molecule has 23 heavy (non-hydrogen) atoms. The third-order valence-corrected chi connectivity index (χ3v) is 6.25. The molecule has 0 unspecified atom stereocenters. The van der Waals surface area contributed by atoms with Crippen molar-refractivity contribution in [1.82, 2.24) is 13.9 Å². The van der Waals surface area contributed by atoms with Crippen LogP contribution in [0, 0.1) is 5.82 Å². The highest BCUT2D eigenvalue weighted by Gasteiger charge is 2.23. The van der Waals surface area contributed by atoms with Crippen LogP contribution in [0.1, 0.15) is 0 Å². The number of hydrogen-bond acceptors (Lipinski definition) is 5. The van der Waals surface area contributed by atoms with Crippen molar-refractivity contribution in [3.8, 4) is 0 Å². The maximum atomic E-state index is 13.9. The number of imidazole rings is 1. The van der Waals surface area contributed by atoms with Gasteiger partial charge in [-0.05, 0) is 18.2 Å². The lowest BCUT2D eigenvalue weighted by Crippen LogP contribution is -2.23. The Labute approximate surface area is 133 Å². The van der Waals surface area contributed by atoms with Crippen molar-refractivity contribution in [2.75, 3.05) is 18.8 Å². The van der Waals surface area contributed by atoms with Crippen LogP contribution in [0.25, 0.3) is 0 Å². The third kappa shape index (κ3) is 3.35. The molecule has 2 rings (SSSR count). The van der Waals surface area contributed by atoms with Crippen LogP contribution < -0.4 is 4.72 Å². The molecule has 11 heteroatoms. The van der Waals surface area contributed by atoms with Crippen molar-refractivity contribution in [3.63, 3.8) is 0 Å². The molecule has 0 atom stereocenters. The first-order chi connectivity index (χ1) is 10.6. The number of anilines is 1. The molecule has 1 N–H and O–H groups in total. The van der Waals surface area contributed by atoms with Crippen LogP contribution in [0.4, 0.5) is 10.1 Å². The standard InChI is InChI=1S/C12H15FN4O4S2/c1-16(2)23(20,21)9-4-5-10(13)11(6-9)15-22(18,19)12-7-14-8-17(12)3/h4-8,15H,1-3H3. The predicted octanol–water partition coefficient (Wildman–Crippen LogP) is 0.610. The Bertz CT molecular complexity index is 936. The molecule has 0 aliphatic rings. The first-order valence-electron chi connectivity index (χ1n) is 6.27. The van der Waals surface area contributed by atoms with Crippen molar-refractivity contribution >= 4 is 25.7 Å². The van der Waals surface area contributed by atoms with Crippen LogP contribution in [0.3, 0.4) is 0 Å². The normalized spacial score (nSPS) is 12.6. The van der Waals surface area contributed by atoms with Gasteiger partial charge in [0.1, 0.15) is 5.82 Å². The number of halogens is 1. The van der Waals surface area contributed by atoms with Crippen molar-refractivity contribution in [3.05, 3.63) is 36.5 Å². The molecule has 126 valence electrons. The second-order valence-corrected chi connectivity index (χ2v) is 8.66. The molecule has 0 radical (unpaired) electrons. The van der Waals surface area contributed by atoms with Crippen molar-refractivity contribution in [1.29, 1.82) is 0 Å². The van der Waals surface area contributed by atoms with E-state index in [0.717, 1.165) is 28.7 Å². The molecule has 1 heterocycles. The fraction of sp³-hybridized carbons (Fsp3) is 0.250. The average molecular weight is 362 g/mol. The molecule has 2 aromatic rings. The lowest BCUT2D eigenvalue weighted by molar-refractivity contribution is 0.520. The van der Waals surface area contributed by atoms with Crippen LogP contribution in [-0.2, 0) is 27.1 Å². The molecule has 1 aromatic carbocycles. The Morgan fingerprint density at radius 2 is 1.87 bits per heavy atom. The van der Waals surface area contributed by atoms with E-state index in [4.69, 9.17) is 0 Å². The van der Waals surface area contributed by atoms with Gasteiger partial charge in [-0.1, -0.05) is 0 Å². The molecule has 0 bridgehead atoms. The van der Waals surface area contributed by atoms with Gasteiger partial charge in [0.05, 0.1) is 23.1 Å². The summed E-state index contributed by atoms with van der Waals surface area (Å²) in [6.45, 7) is 0. The molecule has 0 aliphatic heterocycles. The van der Waals surface area contributed by atoms with E-state index in [-0.39, 0.29) is 9.92 Å². The van der Waals surface area contributed by atoms with Crippen LogP contribution in [0.5, 0.6) is 0 Å². The molecule has 0 fully saturated rings. The van der Waals surface area contributed by atoms with Gasteiger partial charge in [-0.3, -0.25) is 4.72 Å². The van der Waals surface area contributed by atoms with E-state index in [9.17, 15) is 21.2 Å². The van der Waals surface area contributed by atoms with Crippen molar-refractivity contribution in [2.45, 2.75) is 9.92 Å². The Balaban J connectivity index is 2.47. The van der Waals surface area contributed by atoms with Crippen LogP contribution >= 0.6 is 0 Å². The van der Waals surface area contributed by atoms with Gasteiger partial charge in [0.2, 0.25) is 10.0 Å². The molecular weight excluding hydrogens is 347 g/mol. The molecule has 1 aromatic heterocycles. The fourth-order valence-electron chi connectivity index (χ4n) is 1.75. The monoisotopic (exact) mass is 362 g/mol. The maximum absolute atomic E-state index is 13.9. The minimum absolute atomic E-state index is 0.183. The SMILES string of the molecule is CN(C)S(=O)(=O)c1ccc(F)c(NS(=O)(=O)c2cncn2C)c1. The van der Waals surface area contributed by atoms with E-state index in [1.807, 2.05) is 4.72 Å². The second-order valence-electron chi connectivity index (χ2n) is 4.88. The number of hydrogen-bond donors (Lipinski definition) is 1. The summed E-state index contributed by atoms with van der Waals surface area (Å²) in [7, 11) is -3.82. The fourth-order valence-corrected chi connectivity index (χ4v) is 3.86. The Kier molecular flexibility index (Phi) is 4.46. The first kappa shape index (κ1) is 17.4. The molecule has 0 saturated carbocycles. The van der Waals surface area contributed by atoms with E-state index in [0.29, 0.717) is 0 Å². The zero-order valence-electron chi connectivity index (χ0n) is 12.6. The van der Waals surface area contributed by atoms with Crippen molar-refractivity contribution < 1.29 is 21.2 Å². The lowest BCUT2D eigenvalue weighted by atomic mass is 10.3. The first-order valence-corrected chi connectivity index (χ1v) is 9.19.